The van der Waals surface area contributed by atoms with Gasteiger partial charge in [0, 0.05) is 0 Å². The van der Waals surface area contributed by atoms with Gasteiger partial charge in [-0.15, -0.1) is 0 Å². The Morgan fingerprint density at radius 2 is 1.15 bits per heavy atom. The lowest BCUT2D eigenvalue weighted by Gasteiger charge is -2.14. The lowest BCUT2D eigenvalue weighted by Crippen LogP contribution is -1.95. The van der Waals surface area contributed by atoms with Gasteiger partial charge in [-0.05, 0) is 71.9 Å². The highest BCUT2D eigenvalue weighted by Crippen LogP contribution is 2.48. The molecule has 0 spiro atoms. The maximum Gasteiger partial charge on any atom is -0.00514 e. The Morgan fingerprint density at radius 1 is 0.650 bits per heavy atom. The molecule has 0 aromatic heterocycles. The molecule has 0 unspecified atom stereocenters. The third kappa shape index (κ3) is 1.32. The Kier molecular flexibility index (Phi) is 2.10. The van der Waals surface area contributed by atoms with Gasteiger partial charge < -0.3 is 0 Å². The van der Waals surface area contributed by atoms with Crippen molar-refractivity contribution in [1.82, 2.24) is 0 Å². The quantitative estimate of drug-likeness (QED) is 0.614. The maximum atomic E-state index is 2.39. The number of benzene rings is 1. The molecule has 4 aliphatic rings. The van der Waals surface area contributed by atoms with Gasteiger partial charge in [-0.3, -0.25) is 0 Å². The zero-order valence-electron chi connectivity index (χ0n) is 11.7. The van der Waals surface area contributed by atoms with Gasteiger partial charge in [0.05, 0.1) is 0 Å². The highest BCUT2D eigenvalue weighted by atomic mass is 14.3. The van der Waals surface area contributed by atoms with E-state index in [4.69, 9.17) is 0 Å². The van der Waals surface area contributed by atoms with E-state index in [0.717, 1.165) is 0 Å². The predicted molar refractivity (Wildman–Crippen MR) is 84.4 cm³/mol. The summed E-state index contributed by atoms with van der Waals surface area (Å²) in [5, 5.41) is 0. The summed E-state index contributed by atoms with van der Waals surface area (Å²) in [6.45, 7) is 0. The van der Waals surface area contributed by atoms with Gasteiger partial charge in [0.15, 0.2) is 0 Å². The molecule has 0 aliphatic heterocycles. The van der Waals surface area contributed by atoms with E-state index in [-0.39, 0.29) is 0 Å². The number of allylic oxidation sites excluding steroid dienone is 8. The molecule has 0 atom stereocenters. The summed E-state index contributed by atoms with van der Waals surface area (Å²) in [4.78, 5) is 0. The van der Waals surface area contributed by atoms with E-state index in [1.165, 1.54) is 38.5 Å². The largest absolute Gasteiger partial charge is 0.0836 e. The van der Waals surface area contributed by atoms with Crippen LogP contribution in [0.3, 0.4) is 0 Å². The maximum absolute atomic E-state index is 2.39. The van der Waals surface area contributed by atoms with Crippen LogP contribution in [0.1, 0.15) is 47.9 Å². The van der Waals surface area contributed by atoms with Gasteiger partial charge in [0.1, 0.15) is 0 Å². The first kappa shape index (κ1) is 10.9. The van der Waals surface area contributed by atoms with Crippen molar-refractivity contribution in [2.45, 2.75) is 38.5 Å². The van der Waals surface area contributed by atoms with Crippen LogP contribution in [-0.4, -0.2) is 0 Å². The van der Waals surface area contributed by atoms with E-state index in [1.54, 1.807) is 44.5 Å². The fourth-order valence-corrected chi connectivity index (χ4v) is 4.37. The molecule has 0 nitrogen and oxygen atoms in total. The van der Waals surface area contributed by atoms with Gasteiger partial charge in [-0.2, -0.15) is 0 Å². The summed E-state index contributed by atoms with van der Waals surface area (Å²) >= 11 is 0. The van der Waals surface area contributed by atoms with E-state index >= 15 is 0 Å². The van der Waals surface area contributed by atoms with Crippen LogP contribution in [0.5, 0.6) is 0 Å². The molecule has 0 radical (unpaired) electrons. The molecule has 0 bridgehead atoms. The van der Waals surface area contributed by atoms with Crippen LogP contribution in [0.25, 0.3) is 11.1 Å². The van der Waals surface area contributed by atoms with Crippen molar-refractivity contribution in [3.8, 4) is 0 Å². The first-order valence-electron chi connectivity index (χ1n) is 7.84. The third-order valence-corrected chi connectivity index (χ3v) is 5.28. The molecule has 0 N–H and O–H groups in total. The summed E-state index contributed by atoms with van der Waals surface area (Å²) in [5.74, 6) is 0. The Bertz CT molecular complexity index is 685. The zero-order chi connectivity index (χ0) is 13.1. The number of hydrogen-bond acceptors (Lipinski definition) is 0. The van der Waals surface area contributed by atoms with Crippen molar-refractivity contribution in [2.75, 3.05) is 0 Å². The molecule has 5 rings (SSSR count). The van der Waals surface area contributed by atoms with Crippen LogP contribution in [-0.2, 0) is 12.8 Å². The average Bonchev–Trinajstić information content (AvgIpc) is 3.04. The molecular formula is C20H18. The van der Waals surface area contributed by atoms with Crippen molar-refractivity contribution in [3.05, 3.63) is 69.8 Å². The first-order chi connectivity index (χ1) is 9.92. The van der Waals surface area contributed by atoms with Crippen molar-refractivity contribution in [1.29, 1.82) is 0 Å². The van der Waals surface area contributed by atoms with Crippen molar-refractivity contribution in [2.24, 2.45) is 0 Å². The van der Waals surface area contributed by atoms with Gasteiger partial charge in [0.25, 0.3) is 0 Å². The minimum atomic E-state index is 1.19. The molecule has 0 saturated carbocycles. The van der Waals surface area contributed by atoms with Crippen LogP contribution in [0.2, 0.25) is 0 Å². The Labute approximate surface area is 120 Å². The second-order valence-electron chi connectivity index (χ2n) is 6.40. The summed E-state index contributed by atoms with van der Waals surface area (Å²) < 4.78 is 0. The van der Waals surface area contributed by atoms with Crippen LogP contribution in [0.4, 0.5) is 0 Å². The van der Waals surface area contributed by atoms with Crippen molar-refractivity contribution >= 4 is 11.1 Å². The van der Waals surface area contributed by atoms with Crippen molar-refractivity contribution < 1.29 is 0 Å². The standard InChI is InChI=1S/C20H18/c1-3-7-17-13(5-1)11-15-9-10-16-12-14-6-2-4-8-18(14)20(16)19(15)17/h3-4,7-10H,1-2,5-6,11-12H2. The molecule has 1 aromatic carbocycles. The van der Waals surface area contributed by atoms with E-state index < -0.39 is 0 Å². The smallest absolute Gasteiger partial charge is 0.00514 e. The number of hydrogen-bond donors (Lipinski definition) is 0. The van der Waals surface area contributed by atoms with Crippen LogP contribution >= 0.6 is 0 Å². The second kappa shape index (κ2) is 3.85. The predicted octanol–water partition coefficient (Wildman–Crippen LogP) is 5.01. The molecule has 0 heterocycles. The minimum Gasteiger partial charge on any atom is -0.0836 e. The molecule has 0 fully saturated rings. The average molecular weight is 258 g/mol. The minimum absolute atomic E-state index is 1.19. The second-order valence-corrected chi connectivity index (χ2v) is 6.40. The molecule has 1 aromatic rings. The fraction of sp³-hybridized carbons (Fsp3) is 0.300. The lowest BCUT2D eigenvalue weighted by molar-refractivity contribution is 0.932. The summed E-state index contributed by atoms with van der Waals surface area (Å²) in [6.07, 6.45) is 16.8. The highest BCUT2D eigenvalue weighted by molar-refractivity contribution is 5.96. The number of fused-ring (bicyclic) bond motifs is 5. The summed E-state index contributed by atoms with van der Waals surface area (Å²) in [6, 6.07) is 4.78. The normalized spacial score (nSPS) is 22.0. The van der Waals surface area contributed by atoms with Crippen LogP contribution in [0.15, 0.2) is 47.6 Å². The molecule has 98 valence electrons. The van der Waals surface area contributed by atoms with Crippen LogP contribution in [0, 0.1) is 0 Å². The van der Waals surface area contributed by atoms with Crippen LogP contribution < -0.4 is 0 Å². The Morgan fingerprint density at radius 3 is 1.65 bits per heavy atom. The highest BCUT2D eigenvalue weighted by Gasteiger charge is 2.30. The monoisotopic (exact) mass is 258 g/mol. The van der Waals surface area contributed by atoms with E-state index in [0.29, 0.717) is 0 Å². The van der Waals surface area contributed by atoms with Gasteiger partial charge in [0.2, 0.25) is 0 Å². The third-order valence-electron chi connectivity index (χ3n) is 5.28. The number of rotatable bonds is 0. The molecule has 0 amide bonds. The molecule has 0 saturated heterocycles. The van der Waals surface area contributed by atoms with E-state index in [2.05, 4.69) is 36.4 Å². The molecule has 0 heteroatoms. The SMILES string of the molecule is C1=CC2=C(CC1)Cc1ccc3c(c12)C1=C(CCC=C1)C3. The molecule has 20 heavy (non-hydrogen) atoms. The topological polar surface area (TPSA) is 0 Å². The summed E-state index contributed by atoms with van der Waals surface area (Å²) in [5.41, 5.74) is 12.7. The fourth-order valence-electron chi connectivity index (χ4n) is 4.37. The van der Waals surface area contributed by atoms with Gasteiger partial charge in [-0.25, -0.2) is 0 Å². The van der Waals surface area contributed by atoms with Gasteiger partial charge >= 0.3 is 0 Å². The Hall–Kier alpha value is -1.82. The summed E-state index contributed by atoms with van der Waals surface area (Å²) in [7, 11) is 0. The van der Waals surface area contributed by atoms with Crippen molar-refractivity contribution in [3.63, 3.8) is 0 Å². The van der Waals surface area contributed by atoms with E-state index in [9.17, 15) is 0 Å². The Balaban J connectivity index is 1.79. The van der Waals surface area contributed by atoms with Gasteiger partial charge in [-0.1, -0.05) is 47.6 Å². The molecular weight excluding hydrogens is 240 g/mol. The lowest BCUT2D eigenvalue weighted by atomic mass is 9.90. The first-order valence-corrected chi connectivity index (χ1v) is 7.84. The van der Waals surface area contributed by atoms with E-state index in [1.807, 2.05) is 0 Å². The zero-order valence-corrected chi connectivity index (χ0v) is 11.7. The molecule has 4 aliphatic carbocycles.